The topological polar surface area (TPSA) is 37.4 Å². The van der Waals surface area contributed by atoms with Crippen LogP contribution in [-0.2, 0) is 9.59 Å². The van der Waals surface area contributed by atoms with Gasteiger partial charge in [0.1, 0.15) is 8.61 Å². The lowest BCUT2D eigenvalue weighted by Crippen LogP contribution is -2.19. The molecule has 0 saturated heterocycles. The van der Waals surface area contributed by atoms with E-state index in [0.717, 1.165) is 3.93 Å². The van der Waals surface area contributed by atoms with Gasteiger partial charge in [-0.1, -0.05) is 11.6 Å². The minimum absolute atomic E-state index is 0.0255. The van der Waals surface area contributed by atoms with Crippen molar-refractivity contribution in [1.29, 1.82) is 0 Å². The summed E-state index contributed by atoms with van der Waals surface area (Å²) in [5, 5.41) is -0.0255. The van der Waals surface area contributed by atoms with Crippen LogP contribution in [0.1, 0.15) is 0 Å². The van der Waals surface area contributed by atoms with Gasteiger partial charge in [0.2, 0.25) is 0 Å². The van der Waals surface area contributed by atoms with Crippen molar-refractivity contribution in [1.82, 2.24) is 3.93 Å². The Balaban J connectivity index is 3.11. The van der Waals surface area contributed by atoms with E-state index in [-0.39, 0.29) is 8.61 Å². The average Bonchev–Trinajstić information content (AvgIpc) is 2.07. The Morgan fingerprint density at radius 1 is 1.40 bits per heavy atom. The van der Waals surface area contributed by atoms with Gasteiger partial charge in [0.05, 0.1) is 16.1 Å². The van der Waals surface area contributed by atoms with Crippen LogP contribution < -0.4 is 0 Å². The SMILES string of the molecule is O=C1C(Cl)=C(I)C(=O)N1Br. The van der Waals surface area contributed by atoms with Gasteiger partial charge in [0.25, 0.3) is 11.8 Å². The second kappa shape index (κ2) is 2.78. The van der Waals surface area contributed by atoms with Gasteiger partial charge in [-0.15, -0.1) is 0 Å². The fourth-order valence-corrected chi connectivity index (χ4v) is 1.88. The maximum absolute atomic E-state index is 10.8. The second-order valence-electron chi connectivity index (χ2n) is 1.52. The van der Waals surface area contributed by atoms with Crippen LogP contribution in [0.25, 0.3) is 0 Å². The van der Waals surface area contributed by atoms with E-state index in [1.807, 2.05) is 0 Å². The molecule has 54 valence electrons. The van der Waals surface area contributed by atoms with Crippen molar-refractivity contribution in [2.45, 2.75) is 0 Å². The highest BCUT2D eigenvalue weighted by Crippen LogP contribution is 2.30. The van der Waals surface area contributed by atoms with E-state index in [2.05, 4.69) is 16.1 Å². The summed E-state index contributed by atoms with van der Waals surface area (Å²) >= 11 is 9.91. The van der Waals surface area contributed by atoms with E-state index in [0.29, 0.717) is 0 Å². The van der Waals surface area contributed by atoms with Gasteiger partial charge in [-0.3, -0.25) is 9.59 Å². The van der Waals surface area contributed by atoms with Crippen LogP contribution in [0, 0.1) is 0 Å². The molecule has 0 spiro atoms. The molecule has 0 aromatic heterocycles. The predicted molar refractivity (Wildman–Crippen MR) is 47.7 cm³/mol. The molecule has 6 heteroatoms. The van der Waals surface area contributed by atoms with Crippen molar-refractivity contribution in [3.63, 3.8) is 0 Å². The first-order chi connectivity index (χ1) is 4.55. The fourth-order valence-electron chi connectivity index (χ4n) is 0.452. The lowest BCUT2D eigenvalue weighted by molar-refractivity contribution is -0.130. The summed E-state index contributed by atoms with van der Waals surface area (Å²) < 4.78 is 1.05. The molecule has 0 aromatic rings. The van der Waals surface area contributed by atoms with Gasteiger partial charge in [0.15, 0.2) is 0 Å². The van der Waals surface area contributed by atoms with Crippen LogP contribution in [0.5, 0.6) is 0 Å². The van der Waals surface area contributed by atoms with Gasteiger partial charge in [0, 0.05) is 0 Å². The first-order valence-electron chi connectivity index (χ1n) is 2.15. The Bertz CT molecular complexity index is 228. The lowest BCUT2D eigenvalue weighted by atomic mass is 10.6. The molecule has 1 heterocycles. The molecular formula is C4BrClINO2. The summed E-state index contributed by atoms with van der Waals surface area (Å²) in [4.78, 5) is 21.6. The zero-order chi connectivity index (χ0) is 7.89. The molecule has 0 radical (unpaired) electrons. The highest BCUT2D eigenvalue weighted by atomic mass is 127. The number of halogens is 3. The molecule has 1 aliphatic heterocycles. The van der Waals surface area contributed by atoms with Gasteiger partial charge >= 0.3 is 0 Å². The number of nitrogens with zero attached hydrogens (tertiary/aromatic N) is 1. The van der Waals surface area contributed by atoms with E-state index >= 15 is 0 Å². The number of rotatable bonds is 0. The zero-order valence-electron chi connectivity index (χ0n) is 4.40. The van der Waals surface area contributed by atoms with Gasteiger partial charge in [-0.25, -0.2) is 3.93 Å². The van der Waals surface area contributed by atoms with Crippen LogP contribution in [0.4, 0.5) is 0 Å². The third-order valence-corrected chi connectivity index (χ3v) is 3.24. The quantitative estimate of drug-likeness (QED) is 0.382. The first kappa shape index (κ1) is 8.48. The van der Waals surface area contributed by atoms with E-state index in [1.54, 1.807) is 22.6 Å². The molecule has 0 unspecified atom stereocenters. The molecule has 10 heavy (non-hydrogen) atoms. The molecule has 0 N–H and O–H groups in total. The number of imide groups is 1. The number of hydrogen-bond acceptors (Lipinski definition) is 2. The van der Waals surface area contributed by atoms with Crippen molar-refractivity contribution >= 4 is 62.2 Å². The number of hydrogen-bond donors (Lipinski definition) is 0. The van der Waals surface area contributed by atoms with Crippen LogP contribution in [0.3, 0.4) is 0 Å². The molecule has 0 atom stereocenters. The third kappa shape index (κ3) is 1.10. The molecule has 0 saturated carbocycles. The Morgan fingerprint density at radius 3 is 2.00 bits per heavy atom. The van der Waals surface area contributed by atoms with Crippen molar-refractivity contribution in [2.75, 3.05) is 0 Å². The molecule has 0 fully saturated rings. The summed E-state index contributed by atoms with van der Waals surface area (Å²) in [5.41, 5.74) is 0. The first-order valence-corrected chi connectivity index (χ1v) is 4.32. The standard InChI is InChI=1S/C4BrClINO2/c5-8-3(9)1(6)2(7)4(8)10. The average molecular weight is 336 g/mol. The van der Waals surface area contributed by atoms with Gasteiger partial charge in [-0.2, -0.15) is 0 Å². The summed E-state index contributed by atoms with van der Waals surface area (Å²) in [6.45, 7) is 0. The number of carbonyl (C=O) groups is 2. The molecule has 2 amide bonds. The van der Waals surface area contributed by atoms with Crippen molar-refractivity contribution in [3.05, 3.63) is 8.61 Å². The summed E-state index contributed by atoms with van der Waals surface area (Å²) in [6, 6.07) is 0. The van der Waals surface area contributed by atoms with E-state index in [1.165, 1.54) is 0 Å². The minimum atomic E-state index is -0.504. The Morgan fingerprint density at radius 2 is 1.90 bits per heavy atom. The Kier molecular flexibility index (Phi) is 2.36. The van der Waals surface area contributed by atoms with E-state index in [4.69, 9.17) is 11.6 Å². The number of carbonyl (C=O) groups excluding carboxylic acids is 2. The normalized spacial score (nSPS) is 19.3. The Labute approximate surface area is 83.9 Å². The predicted octanol–water partition coefficient (Wildman–Crippen LogP) is 1.55. The van der Waals surface area contributed by atoms with Crippen LogP contribution in [0.15, 0.2) is 8.61 Å². The van der Waals surface area contributed by atoms with Gasteiger partial charge in [-0.05, 0) is 22.6 Å². The molecule has 1 rings (SSSR count). The fraction of sp³-hybridized carbons (Fsp3) is 0. The molecule has 3 nitrogen and oxygen atoms in total. The highest BCUT2D eigenvalue weighted by Gasteiger charge is 2.34. The summed E-state index contributed by atoms with van der Waals surface area (Å²) in [7, 11) is 0. The smallest absolute Gasteiger partial charge is 0.267 e. The van der Waals surface area contributed by atoms with Crippen molar-refractivity contribution in [2.24, 2.45) is 0 Å². The lowest BCUT2D eigenvalue weighted by Gasteiger charge is -1.99. The molecular weight excluding hydrogens is 336 g/mol. The Hall–Kier alpha value is 0.380. The third-order valence-electron chi connectivity index (χ3n) is 0.925. The van der Waals surface area contributed by atoms with Crippen LogP contribution in [-0.4, -0.2) is 15.7 Å². The largest absolute Gasteiger partial charge is 0.283 e. The highest BCUT2D eigenvalue weighted by molar-refractivity contribution is 14.1. The molecule has 1 aliphatic rings. The van der Waals surface area contributed by atoms with E-state index in [9.17, 15) is 9.59 Å². The second-order valence-corrected chi connectivity index (χ2v) is 3.69. The molecule has 0 aromatic carbocycles. The monoisotopic (exact) mass is 335 g/mol. The van der Waals surface area contributed by atoms with Crippen molar-refractivity contribution < 1.29 is 9.59 Å². The molecule has 0 aliphatic carbocycles. The minimum Gasteiger partial charge on any atom is -0.267 e. The summed E-state index contributed by atoms with van der Waals surface area (Å²) in [5.74, 6) is -0.910. The van der Waals surface area contributed by atoms with Crippen LogP contribution in [0.2, 0.25) is 0 Å². The van der Waals surface area contributed by atoms with E-state index < -0.39 is 11.8 Å². The maximum atomic E-state index is 10.8. The number of amides is 2. The van der Waals surface area contributed by atoms with Crippen LogP contribution >= 0.6 is 50.3 Å². The molecule has 0 bridgehead atoms. The zero-order valence-corrected chi connectivity index (χ0v) is 8.90. The summed E-state index contributed by atoms with van der Waals surface area (Å²) in [6.07, 6.45) is 0. The van der Waals surface area contributed by atoms with Gasteiger partial charge < -0.3 is 0 Å². The maximum Gasteiger partial charge on any atom is 0.283 e. The van der Waals surface area contributed by atoms with Crippen molar-refractivity contribution in [3.8, 4) is 0 Å².